The predicted molar refractivity (Wildman–Crippen MR) is 130 cm³/mol. The molecule has 10 heteroatoms. The van der Waals surface area contributed by atoms with Crippen molar-refractivity contribution < 1.29 is 9.85 Å². The first-order valence-electron chi connectivity index (χ1n) is 9.45. The van der Waals surface area contributed by atoms with E-state index in [2.05, 4.69) is 0 Å². The van der Waals surface area contributed by atoms with Crippen LogP contribution in [0.3, 0.4) is 0 Å². The van der Waals surface area contributed by atoms with Gasteiger partial charge in [-0.2, -0.15) is 10.5 Å². The van der Waals surface area contributed by atoms with E-state index in [1.807, 2.05) is 12.1 Å². The van der Waals surface area contributed by atoms with Gasteiger partial charge in [-0.15, -0.1) is 0 Å². The van der Waals surface area contributed by atoms with Crippen molar-refractivity contribution in [3.8, 4) is 12.1 Å². The molecule has 3 aromatic rings. The summed E-state index contributed by atoms with van der Waals surface area (Å²) in [5.74, 6) is 0. The van der Waals surface area contributed by atoms with Crippen LogP contribution in [-0.2, 0) is 0 Å². The third kappa shape index (κ3) is 5.45. The molecule has 0 aliphatic heterocycles. The lowest BCUT2D eigenvalue weighted by Crippen LogP contribution is -1.93. The summed E-state index contributed by atoms with van der Waals surface area (Å²) in [6, 6.07) is 18.4. The summed E-state index contributed by atoms with van der Waals surface area (Å²) in [5.41, 5.74) is 1.20. The summed E-state index contributed by atoms with van der Waals surface area (Å²) >= 11 is 12.8. The maximum absolute atomic E-state index is 11.4. The van der Waals surface area contributed by atoms with Gasteiger partial charge in [0.1, 0.15) is 0 Å². The maximum Gasteiger partial charge on any atom is 0.277 e. The highest BCUT2D eigenvalue weighted by atomic mass is 35.5. The molecule has 0 fully saturated rings. The van der Waals surface area contributed by atoms with Crippen LogP contribution in [-0.4, -0.2) is 9.85 Å². The number of nitriles is 2. The van der Waals surface area contributed by atoms with Crippen LogP contribution in [0.5, 0.6) is 0 Å². The quantitative estimate of drug-likeness (QED) is 0.213. The van der Waals surface area contributed by atoms with Crippen LogP contribution in [0, 0.1) is 42.9 Å². The van der Waals surface area contributed by atoms with Gasteiger partial charge in [0, 0.05) is 22.2 Å². The minimum Gasteiger partial charge on any atom is -0.258 e. The minimum atomic E-state index is -0.600. The molecule has 34 heavy (non-hydrogen) atoms. The van der Waals surface area contributed by atoms with Crippen LogP contribution in [0.4, 0.5) is 11.4 Å². The van der Waals surface area contributed by atoms with E-state index in [0.29, 0.717) is 11.1 Å². The van der Waals surface area contributed by atoms with Crippen LogP contribution < -0.4 is 0 Å². The molecule has 8 nitrogen and oxygen atoms in total. The fourth-order valence-electron chi connectivity index (χ4n) is 3.04. The van der Waals surface area contributed by atoms with Crippen molar-refractivity contribution >= 4 is 56.8 Å². The lowest BCUT2D eigenvalue weighted by Gasteiger charge is -2.06. The van der Waals surface area contributed by atoms with Crippen molar-refractivity contribution in [2.45, 2.75) is 0 Å². The number of benzene rings is 3. The predicted octanol–water partition coefficient (Wildman–Crippen LogP) is 6.72. The molecule has 0 heterocycles. The van der Waals surface area contributed by atoms with Gasteiger partial charge >= 0.3 is 0 Å². The minimum absolute atomic E-state index is 0.149. The molecule has 0 amide bonds. The molecule has 0 unspecified atom stereocenters. The number of nitro benzene ring substituents is 2. The van der Waals surface area contributed by atoms with Crippen LogP contribution in [0.25, 0.3) is 22.2 Å². The summed E-state index contributed by atoms with van der Waals surface area (Å²) in [6.45, 7) is 0. The van der Waals surface area contributed by atoms with E-state index < -0.39 is 9.85 Å². The highest BCUT2D eigenvalue weighted by Gasteiger charge is 2.16. The first kappa shape index (κ1) is 24.1. The van der Waals surface area contributed by atoms with Gasteiger partial charge in [-0.1, -0.05) is 41.4 Å². The summed E-state index contributed by atoms with van der Waals surface area (Å²) in [4.78, 5) is 21.5. The fraction of sp³-hybridized carbons (Fsp3) is 0. The summed E-state index contributed by atoms with van der Waals surface area (Å²) < 4.78 is 0. The van der Waals surface area contributed by atoms with E-state index >= 15 is 0 Å². The van der Waals surface area contributed by atoms with Crippen LogP contribution in [0.2, 0.25) is 0 Å². The van der Waals surface area contributed by atoms with Crippen LogP contribution >= 0.6 is 23.2 Å². The second-order valence-corrected chi connectivity index (χ2v) is 7.66. The maximum atomic E-state index is 11.4. The molecule has 0 saturated heterocycles. The Kier molecular flexibility index (Phi) is 7.39. The number of nitro groups is 2. The molecule has 166 valence electrons. The van der Waals surface area contributed by atoms with E-state index in [0.717, 1.165) is 12.1 Å². The normalized spacial score (nSPS) is 11.4. The van der Waals surface area contributed by atoms with E-state index in [4.69, 9.17) is 33.7 Å². The Morgan fingerprint density at radius 2 is 1.15 bits per heavy atom. The molecule has 0 spiro atoms. The standard InChI is InChI=1S/C24H12Cl2N4O4/c25-21(11-19-6-4-15(13-27)8-23(19)29(31)32)17-2-1-3-18(10-17)22(26)12-20-7-5-16(14-28)9-24(20)30(33)34/h1-12H. The van der Waals surface area contributed by atoms with Crippen molar-refractivity contribution in [2.75, 3.05) is 0 Å². The van der Waals surface area contributed by atoms with E-state index in [1.54, 1.807) is 24.3 Å². The van der Waals surface area contributed by atoms with E-state index in [-0.39, 0.29) is 43.7 Å². The zero-order valence-electron chi connectivity index (χ0n) is 17.1. The SMILES string of the molecule is N#Cc1ccc(C=C(Cl)c2cccc(C(Cl)=Cc3ccc(C#N)cc3[N+](=O)[O-])c2)c([N+](=O)[O-])c1. The monoisotopic (exact) mass is 490 g/mol. The zero-order chi connectivity index (χ0) is 24.8. The zero-order valence-corrected chi connectivity index (χ0v) is 18.6. The number of rotatable bonds is 6. The highest BCUT2D eigenvalue weighted by molar-refractivity contribution is 6.52. The smallest absolute Gasteiger partial charge is 0.258 e. The van der Waals surface area contributed by atoms with Crippen molar-refractivity contribution in [1.82, 2.24) is 0 Å². The Labute approximate surface area is 203 Å². The third-order valence-electron chi connectivity index (χ3n) is 4.69. The van der Waals surface area contributed by atoms with Crippen molar-refractivity contribution in [2.24, 2.45) is 0 Å². The molecule has 0 N–H and O–H groups in total. The van der Waals surface area contributed by atoms with Gasteiger partial charge in [0.05, 0.1) is 44.2 Å². The Morgan fingerprint density at radius 1 is 0.735 bits per heavy atom. The van der Waals surface area contributed by atoms with Gasteiger partial charge in [-0.25, -0.2) is 0 Å². The number of nitrogens with zero attached hydrogens (tertiary/aromatic N) is 4. The molecular weight excluding hydrogens is 479 g/mol. The molecule has 3 aromatic carbocycles. The van der Waals surface area contributed by atoms with Gasteiger partial charge in [-0.05, 0) is 53.6 Å². The first-order chi connectivity index (χ1) is 16.2. The van der Waals surface area contributed by atoms with E-state index in [9.17, 15) is 20.2 Å². The average molecular weight is 491 g/mol. The molecule has 0 saturated carbocycles. The number of hydrogen-bond acceptors (Lipinski definition) is 6. The second kappa shape index (κ2) is 10.4. The lowest BCUT2D eigenvalue weighted by molar-refractivity contribution is -0.385. The number of hydrogen-bond donors (Lipinski definition) is 0. The van der Waals surface area contributed by atoms with Gasteiger partial charge in [0.25, 0.3) is 11.4 Å². The summed E-state index contributed by atoms with van der Waals surface area (Å²) in [5, 5.41) is 41.1. The van der Waals surface area contributed by atoms with Crippen LogP contribution in [0.15, 0.2) is 60.7 Å². The Morgan fingerprint density at radius 3 is 1.50 bits per heavy atom. The number of halogens is 2. The third-order valence-corrected chi connectivity index (χ3v) is 5.35. The Hall–Kier alpha value is -4.50. The van der Waals surface area contributed by atoms with Crippen molar-refractivity contribution in [3.63, 3.8) is 0 Å². The van der Waals surface area contributed by atoms with Gasteiger partial charge < -0.3 is 0 Å². The van der Waals surface area contributed by atoms with Gasteiger partial charge in [0.2, 0.25) is 0 Å². The van der Waals surface area contributed by atoms with Crippen molar-refractivity contribution in [3.05, 3.63) is 114 Å². The Bertz CT molecular complexity index is 1360. The molecule has 0 atom stereocenters. The van der Waals surface area contributed by atoms with Gasteiger partial charge in [0.15, 0.2) is 0 Å². The molecule has 3 rings (SSSR count). The molecule has 0 aromatic heterocycles. The largest absolute Gasteiger partial charge is 0.277 e. The highest BCUT2D eigenvalue weighted by Crippen LogP contribution is 2.32. The average Bonchev–Trinajstić information content (AvgIpc) is 2.84. The first-order valence-corrected chi connectivity index (χ1v) is 10.2. The topological polar surface area (TPSA) is 134 Å². The molecule has 0 aliphatic carbocycles. The lowest BCUT2D eigenvalue weighted by atomic mass is 10.0. The molecule has 0 bridgehead atoms. The van der Waals surface area contributed by atoms with Crippen LogP contribution in [0.1, 0.15) is 33.4 Å². The molecular formula is C24H12Cl2N4O4. The molecule has 0 radical (unpaired) electrons. The van der Waals surface area contributed by atoms with E-state index in [1.165, 1.54) is 36.4 Å². The van der Waals surface area contributed by atoms with Gasteiger partial charge in [-0.3, -0.25) is 20.2 Å². The summed E-state index contributed by atoms with van der Waals surface area (Å²) in [6.07, 6.45) is 2.81. The molecule has 0 aliphatic rings. The summed E-state index contributed by atoms with van der Waals surface area (Å²) in [7, 11) is 0. The van der Waals surface area contributed by atoms with Crippen molar-refractivity contribution in [1.29, 1.82) is 10.5 Å². The fourth-order valence-corrected chi connectivity index (χ4v) is 3.51. The Balaban J connectivity index is 2.00. The second-order valence-electron chi connectivity index (χ2n) is 6.85.